The van der Waals surface area contributed by atoms with Crippen molar-refractivity contribution in [1.82, 2.24) is 19.5 Å². The predicted molar refractivity (Wildman–Crippen MR) is 98.1 cm³/mol. The summed E-state index contributed by atoms with van der Waals surface area (Å²) in [6.45, 7) is 7.14. The number of allylic oxidation sites excluding steroid dienone is 4. The number of rotatable bonds is 7. The molecule has 24 heavy (non-hydrogen) atoms. The molecule has 0 aliphatic carbocycles. The van der Waals surface area contributed by atoms with E-state index in [1.807, 2.05) is 52.4 Å². The van der Waals surface area contributed by atoms with Crippen molar-refractivity contribution in [3.05, 3.63) is 41.7 Å². The Labute approximate surface area is 142 Å². The van der Waals surface area contributed by atoms with Crippen LogP contribution in [0.2, 0.25) is 0 Å². The van der Waals surface area contributed by atoms with Gasteiger partial charge in [-0.15, -0.1) is 0 Å². The summed E-state index contributed by atoms with van der Waals surface area (Å²) < 4.78 is 1.76. The molecule has 1 N–H and O–H groups in total. The van der Waals surface area contributed by atoms with Crippen molar-refractivity contribution in [3.63, 3.8) is 0 Å². The third kappa shape index (κ3) is 4.52. The zero-order chi connectivity index (χ0) is 17.7. The molecule has 2 aromatic rings. The van der Waals surface area contributed by atoms with Crippen molar-refractivity contribution in [2.45, 2.75) is 20.8 Å². The molecule has 0 fully saturated rings. The molecule has 0 spiro atoms. The van der Waals surface area contributed by atoms with Gasteiger partial charge in [0.25, 0.3) is 0 Å². The zero-order valence-corrected chi connectivity index (χ0v) is 15.0. The number of Topliss-reactive ketones (excluding diaryl/α,β-unsaturated/α-hetero) is 1. The van der Waals surface area contributed by atoms with Gasteiger partial charge in [-0.3, -0.25) is 4.79 Å². The fraction of sp³-hybridized carbons (Fsp3) is 0.389. The standard InChI is InChI=1S/C18H25N5O/c1-13(15(3)24)6-7-14(2)16-12-20-23-10-8-17(21-18(16)23)19-9-11-22(4)5/h6-8,10,12H,9,11H2,1-5H3,(H,19,21)/b13-6+,14-7+. The van der Waals surface area contributed by atoms with Gasteiger partial charge in [-0.25, -0.2) is 9.50 Å². The Morgan fingerprint density at radius 1 is 1.29 bits per heavy atom. The number of aromatic nitrogens is 3. The lowest BCUT2D eigenvalue weighted by molar-refractivity contribution is -0.113. The average Bonchev–Trinajstić information content (AvgIpc) is 2.95. The SMILES string of the molecule is CC(=O)/C(C)=C/C=C(\C)c1cnn2ccc(NCCN(C)C)nc12. The number of carbonyl (C=O) groups is 1. The molecule has 0 radical (unpaired) electrons. The van der Waals surface area contributed by atoms with E-state index in [0.717, 1.165) is 41.3 Å². The van der Waals surface area contributed by atoms with Crippen LogP contribution in [0.15, 0.2) is 36.2 Å². The summed E-state index contributed by atoms with van der Waals surface area (Å²) in [6.07, 6.45) is 7.46. The summed E-state index contributed by atoms with van der Waals surface area (Å²) in [5.41, 5.74) is 3.50. The van der Waals surface area contributed by atoms with Crippen LogP contribution in [0.25, 0.3) is 11.2 Å². The second-order valence-electron chi connectivity index (χ2n) is 6.12. The van der Waals surface area contributed by atoms with Gasteiger partial charge in [0.15, 0.2) is 11.4 Å². The third-order valence-electron chi connectivity index (χ3n) is 3.80. The summed E-state index contributed by atoms with van der Waals surface area (Å²) in [5.74, 6) is 0.902. The second kappa shape index (κ2) is 7.88. The molecular formula is C18H25N5O. The van der Waals surface area contributed by atoms with Crippen molar-refractivity contribution in [1.29, 1.82) is 0 Å². The predicted octanol–water partition coefficient (Wildman–Crippen LogP) is 2.64. The molecule has 0 aliphatic rings. The van der Waals surface area contributed by atoms with Gasteiger partial charge in [0, 0.05) is 24.8 Å². The van der Waals surface area contributed by atoms with Gasteiger partial charge in [-0.2, -0.15) is 5.10 Å². The maximum atomic E-state index is 11.3. The van der Waals surface area contributed by atoms with E-state index >= 15 is 0 Å². The summed E-state index contributed by atoms with van der Waals surface area (Å²) in [7, 11) is 4.08. The number of ketones is 1. The third-order valence-corrected chi connectivity index (χ3v) is 3.80. The molecule has 6 nitrogen and oxygen atoms in total. The lowest BCUT2D eigenvalue weighted by Gasteiger charge is -2.11. The Balaban J connectivity index is 2.26. The first kappa shape index (κ1) is 17.9. The lowest BCUT2D eigenvalue weighted by Crippen LogP contribution is -2.21. The number of fused-ring (bicyclic) bond motifs is 1. The maximum Gasteiger partial charge on any atom is 0.164 e. The molecule has 0 saturated carbocycles. The molecule has 6 heteroatoms. The normalized spacial score (nSPS) is 12.9. The molecule has 0 unspecified atom stereocenters. The number of anilines is 1. The minimum Gasteiger partial charge on any atom is -0.369 e. The van der Waals surface area contributed by atoms with Crippen molar-refractivity contribution in [2.75, 3.05) is 32.5 Å². The van der Waals surface area contributed by atoms with Gasteiger partial charge < -0.3 is 10.2 Å². The number of nitrogens with one attached hydrogen (secondary N) is 1. The second-order valence-corrected chi connectivity index (χ2v) is 6.12. The van der Waals surface area contributed by atoms with Crippen molar-refractivity contribution >= 4 is 22.8 Å². The smallest absolute Gasteiger partial charge is 0.164 e. The van der Waals surface area contributed by atoms with E-state index in [-0.39, 0.29) is 5.78 Å². The molecule has 2 aromatic heterocycles. The van der Waals surface area contributed by atoms with Crippen LogP contribution in [-0.2, 0) is 4.79 Å². The van der Waals surface area contributed by atoms with Gasteiger partial charge >= 0.3 is 0 Å². The highest BCUT2D eigenvalue weighted by Crippen LogP contribution is 2.20. The Morgan fingerprint density at radius 2 is 2.04 bits per heavy atom. The Morgan fingerprint density at radius 3 is 2.71 bits per heavy atom. The maximum absolute atomic E-state index is 11.3. The van der Waals surface area contributed by atoms with Crippen LogP contribution >= 0.6 is 0 Å². The number of hydrogen-bond acceptors (Lipinski definition) is 5. The van der Waals surface area contributed by atoms with Gasteiger partial charge in [-0.1, -0.05) is 12.2 Å². The number of hydrogen-bond donors (Lipinski definition) is 1. The Bertz CT molecular complexity index is 786. The highest BCUT2D eigenvalue weighted by molar-refractivity contribution is 5.93. The van der Waals surface area contributed by atoms with Crippen molar-refractivity contribution < 1.29 is 4.79 Å². The van der Waals surface area contributed by atoms with Gasteiger partial charge in [0.2, 0.25) is 0 Å². The molecule has 0 aliphatic heterocycles. The van der Waals surface area contributed by atoms with Crippen molar-refractivity contribution in [3.8, 4) is 0 Å². The molecule has 2 rings (SSSR count). The van der Waals surface area contributed by atoms with E-state index in [1.54, 1.807) is 17.6 Å². The topological polar surface area (TPSA) is 62.5 Å². The lowest BCUT2D eigenvalue weighted by atomic mass is 10.1. The number of likely N-dealkylation sites (N-methyl/N-ethyl adjacent to an activating group) is 1. The van der Waals surface area contributed by atoms with Crippen LogP contribution in [0.5, 0.6) is 0 Å². The first-order valence-corrected chi connectivity index (χ1v) is 7.98. The summed E-state index contributed by atoms with van der Waals surface area (Å²) >= 11 is 0. The van der Waals surface area contributed by atoms with E-state index in [9.17, 15) is 4.79 Å². The van der Waals surface area contributed by atoms with Crippen LogP contribution in [0, 0.1) is 0 Å². The highest BCUT2D eigenvalue weighted by atomic mass is 16.1. The van der Waals surface area contributed by atoms with Crippen LogP contribution in [0.3, 0.4) is 0 Å². The molecule has 0 bridgehead atoms. The average molecular weight is 327 g/mol. The van der Waals surface area contributed by atoms with Crippen LogP contribution in [0.4, 0.5) is 5.82 Å². The van der Waals surface area contributed by atoms with Crippen molar-refractivity contribution in [2.24, 2.45) is 0 Å². The van der Waals surface area contributed by atoms with Crippen LogP contribution < -0.4 is 5.32 Å². The van der Waals surface area contributed by atoms with E-state index < -0.39 is 0 Å². The molecule has 0 amide bonds. The molecule has 2 heterocycles. The Hall–Kier alpha value is -2.47. The fourth-order valence-electron chi connectivity index (χ4n) is 2.11. The fourth-order valence-corrected chi connectivity index (χ4v) is 2.11. The van der Waals surface area contributed by atoms with E-state index in [1.165, 1.54) is 0 Å². The molecule has 0 atom stereocenters. The number of nitrogens with zero attached hydrogens (tertiary/aromatic N) is 4. The quantitative estimate of drug-likeness (QED) is 0.626. The minimum absolute atomic E-state index is 0.0735. The van der Waals surface area contributed by atoms with Crippen LogP contribution in [-0.4, -0.2) is 52.5 Å². The van der Waals surface area contributed by atoms with E-state index in [4.69, 9.17) is 0 Å². The summed E-state index contributed by atoms with van der Waals surface area (Å²) in [6, 6.07) is 1.91. The first-order valence-electron chi connectivity index (χ1n) is 7.98. The van der Waals surface area contributed by atoms with Gasteiger partial charge in [0.1, 0.15) is 5.82 Å². The molecule has 0 saturated heterocycles. The van der Waals surface area contributed by atoms with E-state index in [0.29, 0.717) is 0 Å². The molecule has 0 aromatic carbocycles. The minimum atomic E-state index is 0.0735. The summed E-state index contributed by atoms with van der Waals surface area (Å²) in [5, 5.41) is 7.66. The Kier molecular flexibility index (Phi) is 5.87. The summed E-state index contributed by atoms with van der Waals surface area (Å²) in [4.78, 5) is 18.1. The van der Waals surface area contributed by atoms with Crippen LogP contribution in [0.1, 0.15) is 26.3 Å². The highest BCUT2D eigenvalue weighted by Gasteiger charge is 2.08. The van der Waals surface area contributed by atoms with Gasteiger partial charge in [0.05, 0.1) is 6.20 Å². The number of carbonyl (C=O) groups excluding carboxylic acids is 1. The zero-order valence-electron chi connectivity index (χ0n) is 15.0. The largest absolute Gasteiger partial charge is 0.369 e. The first-order chi connectivity index (χ1) is 11.4. The molecular weight excluding hydrogens is 302 g/mol. The van der Waals surface area contributed by atoms with E-state index in [2.05, 4.69) is 20.3 Å². The monoisotopic (exact) mass is 327 g/mol. The van der Waals surface area contributed by atoms with Gasteiger partial charge in [-0.05, 0) is 52.1 Å². The molecule has 128 valence electrons.